The highest BCUT2D eigenvalue weighted by molar-refractivity contribution is 5.85. The molecule has 1 unspecified atom stereocenters. The fourth-order valence-corrected chi connectivity index (χ4v) is 6.67. The predicted octanol–water partition coefficient (Wildman–Crippen LogP) is 12.6. The Morgan fingerprint density at radius 2 is 1.70 bits per heavy atom. The highest BCUT2D eigenvalue weighted by Crippen LogP contribution is 2.34. The minimum atomic E-state index is 0.0390. The number of methoxy groups -OCH3 is 2. The van der Waals surface area contributed by atoms with Gasteiger partial charge in [-0.2, -0.15) is 0 Å². The maximum absolute atomic E-state index is 5.51. The fraction of sp³-hybridized carbons (Fsp3) is 0.200. The van der Waals surface area contributed by atoms with Crippen LogP contribution in [0.3, 0.4) is 0 Å². The van der Waals surface area contributed by atoms with Crippen LogP contribution in [0.15, 0.2) is 194 Å². The summed E-state index contributed by atoms with van der Waals surface area (Å²) in [7, 11) is 3.36. The summed E-state index contributed by atoms with van der Waals surface area (Å²) < 4.78 is 13.2. The van der Waals surface area contributed by atoms with Gasteiger partial charge in [0.05, 0.1) is 31.7 Å². The summed E-state index contributed by atoms with van der Waals surface area (Å²) >= 11 is 0. The Bertz CT molecular complexity index is 2050. The first-order chi connectivity index (χ1) is 26.5. The van der Waals surface area contributed by atoms with E-state index in [4.69, 9.17) is 9.47 Å². The van der Waals surface area contributed by atoms with E-state index in [-0.39, 0.29) is 6.04 Å². The van der Waals surface area contributed by atoms with Gasteiger partial charge < -0.3 is 18.9 Å². The lowest BCUT2D eigenvalue weighted by atomic mass is 9.99. The Balaban J connectivity index is 1.51. The molecule has 54 heavy (non-hydrogen) atoms. The summed E-state index contributed by atoms with van der Waals surface area (Å²) in [6.07, 6.45) is 48.4. The van der Waals surface area contributed by atoms with Crippen molar-refractivity contribution in [2.75, 3.05) is 14.2 Å². The fourth-order valence-electron chi connectivity index (χ4n) is 6.67. The molecule has 5 rings (SSSR count). The van der Waals surface area contributed by atoms with Crippen molar-refractivity contribution in [3.05, 3.63) is 217 Å². The van der Waals surface area contributed by atoms with Gasteiger partial charge in [0.1, 0.15) is 5.76 Å². The summed E-state index contributed by atoms with van der Waals surface area (Å²) in [5, 5.41) is 0. The monoisotopic (exact) mass is 714 g/mol. The van der Waals surface area contributed by atoms with Crippen LogP contribution >= 0.6 is 0 Å². The molecule has 0 fully saturated rings. The minimum absolute atomic E-state index is 0.0390. The van der Waals surface area contributed by atoms with Crippen LogP contribution in [0.25, 0.3) is 22.4 Å². The lowest BCUT2D eigenvalue weighted by molar-refractivity contribution is 0.283. The molecule has 276 valence electrons. The summed E-state index contributed by atoms with van der Waals surface area (Å²) in [5.41, 5.74) is 10.6. The van der Waals surface area contributed by atoms with Gasteiger partial charge in [0.2, 0.25) is 0 Å². The standard InChI is InChI=1S/C50H54N2O2/c1-7-20-47(52-49(43-21-14-10-11-15-22-43)35-36-50(52)44-23-16-12-13-17-24-44)37-41(8-2)42-32-30-40(31-33-42)38-51(45(9-3)34-29-39(4)53-5)46-25-18-27-48(54-6)28-19-26-46/h7,9-12,14-21,23-27,29-37,46H,1,4,8,13,22,28,38H2,2-3,5-6H3/b25-18?,26-19?,34-29-,41-37+,45-9?,47-20+,48-27+. The molecule has 4 heteroatoms. The molecule has 0 bridgehead atoms. The Morgan fingerprint density at radius 3 is 2.46 bits per heavy atom. The molecule has 3 aliphatic rings. The zero-order valence-electron chi connectivity index (χ0n) is 32.3. The van der Waals surface area contributed by atoms with Crippen molar-refractivity contribution in [2.24, 2.45) is 0 Å². The number of hydrogen-bond donors (Lipinski definition) is 0. The normalized spacial score (nSPS) is 18.6. The van der Waals surface area contributed by atoms with Crippen molar-refractivity contribution < 1.29 is 9.47 Å². The highest BCUT2D eigenvalue weighted by atomic mass is 16.5. The van der Waals surface area contributed by atoms with Gasteiger partial charge in [0.15, 0.2) is 0 Å². The van der Waals surface area contributed by atoms with Gasteiger partial charge in [-0.3, -0.25) is 0 Å². The number of nitrogens with zero attached hydrogens (tertiary/aromatic N) is 2. The number of aromatic nitrogens is 1. The van der Waals surface area contributed by atoms with E-state index < -0.39 is 0 Å². The number of benzene rings is 1. The molecular weight excluding hydrogens is 661 g/mol. The van der Waals surface area contributed by atoms with Crippen molar-refractivity contribution in [3.63, 3.8) is 0 Å². The van der Waals surface area contributed by atoms with Crippen LogP contribution in [-0.4, -0.2) is 29.7 Å². The van der Waals surface area contributed by atoms with Gasteiger partial charge in [-0.15, -0.1) is 0 Å². The Kier molecular flexibility index (Phi) is 14.7. The first kappa shape index (κ1) is 39.2. The van der Waals surface area contributed by atoms with Crippen molar-refractivity contribution >= 4 is 22.4 Å². The van der Waals surface area contributed by atoms with Crippen LogP contribution in [0.5, 0.6) is 0 Å². The van der Waals surface area contributed by atoms with Crippen molar-refractivity contribution in [2.45, 2.75) is 52.1 Å². The second-order valence-electron chi connectivity index (χ2n) is 13.1. The van der Waals surface area contributed by atoms with E-state index in [0.717, 1.165) is 48.5 Å². The maximum atomic E-state index is 5.51. The summed E-state index contributed by atoms with van der Waals surface area (Å²) in [6.45, 7) is 13.1. The van der Waals surface area contributed by atoms with Crippen LogP contribution in [0.4, 0.5) is 0 Å². The largest absolute Gasteiger partial charge is 0.501 e. The summed E-state index contributed by atoms with van der Waals surface area (Å²) in [6, 6.07) is 13.5. The van der Waals surface area contributed by atoms with E-state index in [9.17, 15) is 0 Å². The zero-order valence-corrected chi connectivity index (χ0v) is 32.3. The van der Waals surface area contributed by atoms with Crippen LogP contribution < -0.4 is 0 Å². The quantitative estimate of drug-likeness (QED) is 0.104. The molecular formula is C50H54N2O2. The third-order valence-electron chi connectivity index (χ3n) is 9.60. The number of hydrogen-bond acceptors (Lipinski definition) is 3. The smallest absolute Gasteiger partial charge is 0.111 e. The molecule has 0 saturated heterocycles. The molecule has 0 amide bonds. The minimum Gasteiger partial charge on any atom is -0.501 e. The van der Waals surface area contributed by atoms with Crippen molar-refractivity contribution in [3.8, 4) is 0 Å². The molecule has 1 aromatic carbocycles. The van der Waals surface area contributed by atoms with Gasteiger partial charge in [-0.25, -0.2) is 0 Å². The lowest BCUT2D eigenvalue weighted by Gasteiger charge is -2.32. The third-order valence-corrected chi connectivity index (χ3v) is 9.60. The van der Waals surface area contributed by atoms with E-state index in [1.807, 2.05) is 18.2 Å². The van der Waals surface area contributed by atoms with E-state index in [1.54, 1.807) is 14.2 Å². The van der Waals surface area contributed by atoms with Gasteiger partial charge in [0, 0.05) is 30.1 Å². The number of rotatable bonds is 15. The highest BCUT2D eigenvalue weighted by Gasteiger charge is 2.19. The van der Waals surface area contributed by atoms with Crippen LogP contribution in [0, 0.1) is 0 Å². The Hall–Kier alpha value is -6.00. The third kappa shape index (κ3) is 10.3. The van der Waals surface area contributed by atoms with Gasteiger partial charge in [0.25, 0.3) is 0 Å². The molecule has 0 aliphatic heterocycles. The van der Waals surface area contributed by atoms with Gasteiger partial charge in [-0.1, -0.05) is 142 Å². The Labute approximate surface area is 323 Å². The topological polar surface area (TPSA) is 26.6 Å². The van der Waals surface area contributed by atoms with E-state index in [1.165, 1.54) is 33.5 Å². The molecule has 0 saturated carbocycles. The zero-order chi connectivity index (χ0) is 38.1. The molecule has 4 nitrogen and oxygen atoms in total. The SMILES string of the molecule is C=C/C=C(\C=C(/CC)c1ccc(CN(C(=CC)/C=C\C(=C)OC)C2C=C/C=C(/OC)CC=C2)cc1)n1c(C2=CC=CCC=C2)ccc1C1=CC=CC=CC1. The molecule has 1 heterocycles. The Morgan fingerprint density at radius 1 is 0.870 bits per heavy atom. The average molecular weight is 715 g/mol. The van der Waals surface area contributed by atoms with E-state index >= 15 is 0 Å². The van der Waals surface area contributed by atoms with Crippen LogP contribution in [0.2, 0.25) is 0 Å². The number of allylic oxidation sites excluding steroid dienone is 23. The van der Waals surface area contributed by atoms with E-state index in [0.29, 0.717) is 12.3 Å². The van der Waals surface area contributed by atoms with Gasteiger partial charge >= 0.3 is 0 Å². The second kappa shape index (κ2) is 20.3. The first-order valence-electron chi connectivity index (χ1n) is 18.8. The van der Waals surface area contributed by atoms with Crippen molar-refractivity contribution in [1.29, 1.82) is 0 Å². The number of ether oxygens (including phenoxy) is 2. The van der Waals surface area contributed by atoms with Gasteiger partial charge in [-0.05, 0) is 96.5 Å². The molecule has 2 aromatic rings. The maximum Gasteiger partial charge on any atom is 0.111 e. The predicted molar refractivity (Wildman–Crippen MR) is 232 cm³/mol. The molecule has 0 N–H and O–H groups in total. The lowest BCUT2D eigenvalue weighted by Crippen LogP contribution is -2.31. The molecule has 0 spiro atoms. The van der Waals surface area contributed by atoms with E-state index in [2.05, 4.69) is 182 Å². The molecule has 1 atom stereocenters. The van der Waals surface area contributed by atoms with Crippen LogP contribution in [-0.2, 0) is 16.0 Å². The second-order valence-corrected chi connectivity index (χ2v) is 13.1. The summed E-state index contributed by atoms with van der Waals surface area (Å²) in [5.74, 6) is 1.55. The molecule has 3 aliphatic carbocycles. The average Bonchev–Trinajstić information content (AvgIpc) is 3.34. The molecule has 1 aromatic heterocycles. The van der Waals surface area contributed by atoms with Crippen LogP contribution in [0.1, 0.15) is 62.0 Å². The summed E-state index contributed by atoms with van der Waals surface area (Å²) in [4.78, 5) is 2.39. The van der Waals surface area contributed by atoms with Crippen molar-refractivity contribution in [1.82, 2.24) is 9.47 Å². The first-order valence-corrected chi connectivity index (χ1v) is 18.8. The molecule has 0 radical (unpaired) electrons.